The Morgan fingerprint density at radius 3 is 2.36 bits per heavy atom. The molecule has 0 bridgehead atoms. The van der Waals surface area contributed by atoms with E-state index in [0.29, 0.717) is 44.8 Å². The molecular formula is C36H48N4O5. The molecule has 3 atom stereocenters. The minimum Gasteiger partial charge on any atom is -0.378 e. The molecule has 3 aliphatic rings. The maximum absolute atomic E-state index is 13.8. The smallest absolute Gasteiger partial charge is 0.251 e. The number of rotatable bonds is 9. The van der Waals surface area contributed by atoms with Crippen LogP contribution in [-0.2, 0) is 25.5 Å². The molecule has 2 saturated heterocycles. The Bertz CT molecular complexity index is 1390. The van der Waals surface area contributed by atoms with E-state index in [4.69, 9.17) is 4.74 Å². The maximum atomic E-state index is 13.8. The summed E-state index contributed by atoms with van der Waals surface area (Å²) >= 11 is 0. The Hall–Kier alpha value is -3.72. The number of nitrogens with zero attached hydrogens (tertiary/aromatic N) is 2. The van der Waals surface area contributed by atoms with Crippen molar-refractivity contribution in [3.63, 3.8) is 0 Å². The predicted octanol–water partition coefficient (Wildman–Crippen LogP) is 4.50. The Morgan fingerprint density at radius 2 is 1.71 bits per heavy atom. The molecule has 3 fully saturated rings. The molecule has 2 heterocycles. The zero-order valence-electron chi connectivity index (χ0n) is 27.2. The second-order valence-electron chi connectivity index (χ2n) is 13.0. The van der Waals surface area contributed by atoms with Crippen molar-refractivity contribution >= 4 is 29.3 Å². The van der Waals surface area contributed by atoms with Crippen LogP contribution < -0.4 is 15.5 Å². The van der Waals surface area contributed by atoms with E-state index in [1.54, 1.807) is 0 Å². The van der Waals surface area contributed by atoms with Gasteiger partial charge in [-0.25, -0.2) is 0 Å². The van der Waals surface area contributed by atoms with Crippen molar-refractivity contribution in [3.05, 3.63) is 53.1 Å². The molecule has 2 aromatic rings. The molecule has 2 aromatic carbocycles. The summed E-state index contributed by atoms with van der Waals surface area (Å²) in [6.07, 6.45) is 5.10. The molecule has 4 amide bonds. The number of nitrogens with one attached hydrogen (secondary N) is 2. The molecule has 1 aliphatic carbocycles. The molecule has 3 unspecified atom stereocenters. The standard InChI is InChI=1S/C36H48N4O5/c1-5-40(36(44)28-8-6-7-9-28)32-21-29(27-12-10-26(11-13-27)19-33(41)39-14-16-45-17-15-39)20-30(25(32)4)34(42)37-22-31-23(2)18-24(3)38-35(31)43/h10-13,20-21,23-24,28,31H,5-9,14-19,22H2,1-4H3,(H,37,42)(H,38,43). The van der Waals surface area contributed by atoms with Crippen molar-refractivity contribution in [1.82, 2.24) is 15.5 Å². The highest BCUT2D eigenvalue weighted by atomic mass is 16.5. The first kappa shape index (κ1) is 32.7. The summed E-state index contributed by atoms with van der Waals surface area (Å²) in [6, 6.07) is 11.9. The van der Waals surface area contributed by atoms with Crippen LogP contribution in [0.15, 0.2) is 36.4 Å². The number of hydrogen-bond donors (Lipinski definition) is 2. The molecule has 5 rings (SSSR count). The third kappa shape index (κ3) is 7.57. The fourth-order valence-corrected chi connectivity index (χ4v) is 7.12. The summed E-state index contributed by atoms with van der Waals surface area (Å²) in [4.78, 5) is 56.7. The number of amides is 4. The summed E-state index contributed by atoms with van der Waals surface area (Å²) in [5, 5.41) is 6.05. The van der Waals surface area contributed by atoms with E-state index in [2.05, 4.69) is 17.6 Å². The van der Waals surface area contributed by atoms with Crippen LogP contribution in [-0.4, -0.2) is 74.0 Å². The molecule has 9 heteroatoms. The van der Waals surface area contributed by atoms with Gasteiger partial charge < -0.3 is 25.2 Å². The summed E-state index contributed by atoms with van der Waals surface area (Å²) in [7, 11) is 0. The number of ether oxygens (including phenoxy) is 1. The van der Waals surface area contributed by atoms with Gasteiger partial charge >= 0.3 is 0 Å². The molecule has 2 aliphatic heterocycles. The van der Waals surface area contributed by atoms with E-state index in [-0.39, 0.29) is 54.0 Å². The number of hydrogen-bond acceptors (Lipinski definition) is 5. The number of carbonyl (C=O) groups excluding carboxylic acids is 4. The topological polar surface area (TPSA) is 108 Å². The Kier molecular flexibility index (Phi) is 10.6. The zero-order chi connectivity index (χ0) is 32.1. The van der Waals surface area contributed by atoms with E-state index in [0.717, 1.165) is 60.0 Å². The highest BCUT2D eigenvalue weighted by Crippen LogP contribution is 2.35. The van der Waals surface area contributed by atoms with Crippen molar-refractivity contribution in [2.24, 2.45) is 17.8 Å². The normalized spacial score (nSPS) is 22.2. The van der Waals surface area contributed by atoms with Crippen LogP contribution in [0.5, 0.6) is 0 Å². The van der Waals surface area contributed by atoms with E-state index in [1.807, 2.05) is 67.0 Å². The van der Waals surface area contributed by atoms with Crippen molar-refractivity contribution in [3.8, 4) is 11.1 Å². The first-order valence-corrected chi connectivity index (χ1v) is 16.7. The van der Waals surface area contributed by atoms with Gasteiger partial charge in [-0.1, -0.05) is 44.0 Å². The van der Waals surface area contributed by atoms with E-state index >= 15 is 0 Å². The monoisotopic (exact) mass is 616 g/mol. The van der Waals surface area contributed by atoms with Crippen LogP contribution in [0.1, 0.15) is 74.4 Å². The summed E-state index contributed by atoms with van der Waals surface area (Å²) in [5.74, 6) is -0.225. The highest BCUT2D eigenvalue weighted by molar-refractivity contribution is 6.02. The van der Waals surface area contributed by atoms with Gasteiger partial charge in [0.2, 0.25) is 17.7 Å². The first-order chi connectivity index (χ1) is 21.7. The second-order valence-corrected chi connectivity index (χ2v) is 13.0. The van der Waals surface area contributed by atoms with E-state index < -0.39 is 0 Å². The molecule has 2 N–H and O–H groups in total. The van der Waals surface area contributed by atoms with E-state index in [1.165, 1.54) is 0 Å². The van der Waals surface area contributed by atoms with Gasteiger partial charge in [-0.2, -0.15) is 0 Å². The van der Waals surface area contributed by atoms with Crippen molar-refractivity contribution in [1.29, 1.82) is 0 Å². The van der Waals surface area contributed by atoms with Crippen LogP contribution in [0.4, 0.5) is 5.69 Å². The van der Waals surface area contributed by atoms with Gasteiger partial charge in [0, 0.05) is 49.4 Å². The molecule has 242 valence electrons. The zero-order valence-corrected chi connectivity index (χ0v) is 27.2. The Balaban J connectivity index is 1.42. The van der Waals surface area contributed by atoms with Gasteiger partial charge in [-0.05, 0) is 80.3 Å². The van der Waals surface area contributed by atoms with Gasteiger partial charge in [0.25, 0.3) is 5.91 Å². The SMILES string of the molecule is CCN(C(=O)C1CCCC1)c1cc(-c2ccc(CC(=O)N3CCOCC3)cc2)cc(C(=O)NCC2C(=O)NC(C)CC2C)c1C. The number of morpholine rings is 1. The van der Waals surface area contributed by atoms with E-state index in [9.17, 15) is 19.2 Å². The lowest BCUT2D eigenvalue weighted by atomic mass is 9.84. The van der Waals surface area contributed by atoms with Gasteiger partial charge in [0.05, 0.1) is 25.6 Å². The second kappa shape index (κ2) is 14.6. The number of anilines is 1. The van der Waals surface area contributed by atoms with Crippen molar-refractivity contribution in [2.45, 2.75) is 72.3 Å². The molecule has 0 aromatic heterocycles. The largest absolute Gasteiger partial charge is 0.378 e. The first-order valence-electron chi connectivity index (χ1n) is 16.7. The lowest BCUT2D eigenvalue weighted by Gasteiger charge is -2.32. The van der Waals surface area contributed by atoms with Crippen LogP contribution in [0.2, 0.25) is 0 Å². The molecular weight excluding hydrogens is 568 g/mol. The lowest BCUT2D eigenvalue weighted by molar-refractivity contribution is -0.134. The molecule has 45 heavy (non-hydrogen) atoms. The third-order valence-corrected chi connectivity index (χ3v) is 9.83. The minimum absolute atomic E-state index is 0.00210. The summed E-state index contributed by atoms with van der Waals surface area (Å²) in [5.41, 5.74) is 4.60. The quantitative estimate of drug-likeness (QED) is 0.432. The average Bonchev–Trinajstić information content (AvgIpc) is 3.58. The van der Waals surface area contributed by atoms with Gasteiger partial charge in [0.15, 0.2) is 0 Å². The number of carbonyl (C=O) groups is 4. The van der Waals surface area contributed by atoms with Crippen LogP contribution in [0.3, 0.4) is 0 Å². The fourth-order valence-electron chi connectivity index (χ4n) is 7.12. The van der Waals surface area contributed by atoms with Crippen molar-refractivity contribution in [2.75, 3.05) is 44.3 Å². The maximum Gasteiger partial charge on any atom is 0.251 e. The van der Waals surface area contributed by atoms with Crippen LogP contribution in [0.25, 0.3) is 11.1 Å². The van der Waals surface area contributed by atoms with Gasteiger partial charge in [-0.3, -0.25) is 19.2 Å². The van der Waals surface area contributed by atoms with Crippen molar-refractivity contribution < 1.29 is 23.9 Å². The Morgan fingerprint density at radius 1 is 1.02 bits per heavy atom. The molecule has 0 radical (unpaired) electrons. The third-order valence-electron chi connectivity index (χ3n) is 9.83. The predicted molar refractivity (Wildman–Crippen MR) is 175 cm³/mol. The average molecular weight is 617 g/mol. The highest BCUT2D eigenvalue weighted by Gasteiger charge is 2.33. The fraction of sp³-hybridized carbons (Fsp3) is 0.556. The molecule has 0 spiro atoms. The summed E-state index contributed by atoms with van der Waals surface area (Å²) < 4.78 is 5.37. The Labute approximate surface area is 267 Å². The van der Waals surface area contributed by atoms with Gasteiger partial charge in [-0.15, -0.1) is 0 Å². The summed E-state index contributed by atoms with van der Waals surface area (Å²) in [6.45, 7) is 11.1. The van der Waals surface area contributed by atoms with Crippen LogP contribution >= 0.6 is 0 Å². The molecule has 1 saturated carbocycles. The van der Waals surface area contributed by atoms with Crippen LogP contribution in [0, 0.1) is 24.7 Å². The number of piperidine rings is 1. The lowest BCUT2D eigenvalue weighted by Crippen LogP contribution is -2.50. The molecule has 9 nitrogen and oxygen atoms in total. The van der Waals surface area contributed by atoms with Gasteiger partial charge in [0.1, 0.15) is 0 Å². The number of benzene rings is 2. The minimum atomic E-state index is -0.295.